The maximum absolute atomic E-state index is 12.3. The maximum atomic E-state index is 12.3. The van der Waals surface area contributed by atoms with Gasteiger partial charge in [-0.2, -0.15) is 8.78 Å². The van der Waals surface area contributed by atoms with E-state index in [4.69, 9.17) is 0 Å². The van der Waals surface area contributed by atoms with E-state index < -0.39 is 6.61 Å². The Morgan fingerprint density at radius 1 is 1.09 bits per heavy atom. The SMILES string of the molecule is O=C(CSCc1ccccc1)Nc1ccccc1OC(F)F. The van der Waals surface area contributed by atoms with Crippen molar-refractivity contribution in [2.75, 3.05) is 11.1 Å². The first kappa shape index (κ1) is 16.3. The molecule has 0 atom stereocenters. The molecular formula is C16H15F2NO2S. The smallest absolute Gasteiger partial charge is 0.387 e. The van der Waals surface area contributed by atoms with Crippen LogP contribution in [0.15, 0.2) is 54.6 Å². The van der Waals surface area contributed by atoms with Crippen LogP contribution in [0.3, 0.4) is 0 Å². The van der Waals surface area contributed by atoms with Crippen molar-refractivity contribution in [1.82, 2.24) is 0 Å². The normalized spacial score (nSPS) is 10.5. The van der Waals surface area contributed by atoms with E-state index in [1.54, 1.807) is 12.1 Å². The Balaban J connectivity index is 1.84. The predicted molar refractivity (Wildman–Crippen MR) is 84.3 cm³/mol. The average molecular weight is 323 g/mol. The van der Waals surface area contributed by atoms with Crippen molar-refractivity contribution >= 4 is 23.4 Å². The molecule has 1 N–H and O–H groups in total. The van der Waals surface area contributed by atoms with Gasteiger partial charge in [0, 0.05) is 5.75 Å². The number of halogens is 2. The van der Waals surface area contributed by atoms with Crippen LogP contribution in [0.5, 0.6) is 5.75 Å². The van der Waals surface area contributed by atoms with E-state index in [0.717, 1.165) is 5.56 Å². The number of hydrogen-bond acceptors (Lipinski definition) is 3. The first-order chi connectivity index (χ1) is 10.6. The number of para-hydroxylation sites is 2. The summed E-state index contributed by atoms with van der Waals surface area (Å²) in [6, 6.07) is 15.9. The average Bonchev–Trinajstić information content (AvgIpc) is 2.50. The Bertz CT molecular complexity index is 608. The highest BCUT2D eigenvalue weighted by Gasteiger charge is 2.11. The molecule has 0 aliphatic rings. The van der Waals surface area contributed by atoms with Crippen LogP contribution in [0.25, 0.3) is 0 Å². The number of ether oxygens (including phenoxy) is 1. The number of amides is 1. The van der Waals surface area contributed by atoms with E-state index in [2.05, 4.69) is 10.1 Å². The second kappa shape index (κ2) is 8.38. The lowest BCUT2D eigenvalue weighted by Gasteiger charge is -2.11. The summed E-state index contributed by atoms with van der Waals surface area (Å²) in [5.41, 5.74) is 1.37. The van der Waals surface area contributed by atoms with Gasteiger partial charge in [0.05, 0.1) is 11.4 Å². The van der Waals surface area contributed by atoms with Crippen molar-refractivity contribution in [3.05, 3.63) is 60.2 Å². The third-order valence-corrected chi connectivity index (χ3v) is 3.73. The van der Waals surface area contributed by atoms with Gasteiger partial charge in [0.2, 0.25) is 5.91 Å². The third kappa shape index (κ3) is 5.37. The fourth-order valence-electron chi connectivity index (χ4n) is 1.79. The summed E-state index contributed by atoms with van der Waals surface area (Å²) in [5, 5.41) is 2.58. The number of rotatable bonds is 7. The molecule has 1 amide bonds. The summed E-state index contributed by atoms with van der Waals surface area (Å²) in [7, 11) is 0. The van der Waals surface area contributed by atoms with Gasteiger partial charge in [0.1, 0.15) is 5.75 Å². The summed E-state index contributed by atoms with van der Waals surface area (Å²) in [5.74, 6) is 0.645. The minimum Gasteiger partial charge on any atom is -0.433 e. The monoisotopic (exact) mass is 323 g/mol. The number of thioether (sulfide) groups is 1. The van der Waals surface area contributed by atoms with Gasteiger partial charge in [0.15, 0.2) is 0 Å². The molecule has 0 saturated heterocycles. The molecule has 0 saturated carbocycles. The summed E-state index contributed by atoms with van der Waals surface area (Å²) in [4.78, 5) is 11.9. The number of benzene rings is 2. The van der Waals surface area contributed by atoms with Gasteiger partial charge in [-0.25, -0.2) is 0 Å². The maximum Gasteiger partial charge on any atom is 0.387 e. The van der Waals surface area contributed by atoms with Crippen molar-refractivity contribution in [3.63, 3.8) is 0 Å². The lowest BCUT2D eigenvalue weighted by Crippen LogP contribution is -2.15. The molecule has 22 heavy (non-hydrogen) atoms. The van der Waals surface area contributed by atoms with Gasteiger partial charge in [-0.3, -0.25) is 4.79 Å². The summed E-state index contributed by atoms with van der Waals surface area (Å²) in [6.07, 6.45) is 0. The summed E-state index contributed by atoms with van der Waals surface area (Å²) >= 11 is 1.45. The molecular weight excluding hydrogens is 308 g/mol. The highest BCUT2D eigenvalue weighted by atomic mass is 32.2. The zero-order chi connectivity index (χ0) is 15.8. The highest BCUT2D eigenvalue weighted by molar-refractivity contribution is 7.99. The van der Waals surface area contributed by atoms with Crippen molar-refractivity contribution in [1.29, 1.82) is 0 Å². The highest BCUT2D eigenvalue weighted by Crippen LogP contribution is 2.25. The first-order valence-corrected chi connectivity index (χ1v) is 7.76. The molecule has 0 aliphatic heterocycles. The van der Waals surface area contributed by atoms with E-state index in [9.17, 15) is 13.6 Å². The van der Waals surface area contributed by atoms with Crippen molar-refractivity contribution < 1.29 is 18.3 Å². The number of nitrogens with one attached hydrogen (secondary N) is 1. The van der Waals surface area contributed by atoms with Crippen molar-refractivity contribution in [2.45, 2.75) is 12.4 Å². The molecule has 0 radical (unpaired) electrons. The topological polar surface area (TPSA) is 38.3 Å². The summed E-state index contributed by atoms with van der Waals surface area (Å²) in [6.45, 7) is -2.93. The quantitative estimate of drug-likeness (QED) is 0.831. The van der Waals surface area contributed by atoms with E-state index in [0.29, 0.717) is 5.75 Å². The molecule has 2 aromatic carbocycles. The minimum absolute atomic E-state index is 0.0427. The first-order valence-electron chi connectivity index (χ1n) is 6.60. The van der Waals surface area contributed by atoms with Gasteiger partial charge >= 0.3 is 6.61 Å². The van der Waals surface area contributed by atoms with E-state index in [1.165, 1.54) is 23.9 Å². The zero-order valence-corrected chi connectivity index (χ0v) is 12.5. The molecule has 3 nitrogen and oxygen atoms in total. The predicted octanol–water partition coefficient (Wildman–Crippen LogP) is 4.16. The molecule has 0 bridgehead atoms. The molecule has 0 heterocycles. The number of anilines is 1. The van der Waals surface area contributed by atoms with Gasteiger partial charge in [-0.15, -0.1) is 11.8 Å². The van der Waals surface area contributed by atoms with Crippen LogP contribution in [-0.4, -0.2) is 18.3 Å². The van der Waals surface area contributed by atoms with Crippen molar-refractivity contribution in [2.24, 2.45) is 0 Å². The molecule has 0 aliphatic carbocycles. The Labute approximate surface area is 131 Å². The third-order valence-electron chi connectivity index (χ3n) is 2.72. The fourth-order valence-corrected chi connectivity index (χ4v) is 2.58. The minimum atomic E-state index is -2.93. The lowest BCUT2D eigenvalue weighted by atomic mass is 10.2. The van der Waals surface area contributed by atoms with Crippen LogP contribution < -0.4 is 10.1 Å². The Morgan fingerprint density at radius 2 is 1.77 bits per heavy atom. The largest absolute Gasteiger partial charge is 0.433 e. The molecule has 116 valence electrons. The lowest BCUT2D eigenvalue weighted by molar-refractivity contribution is -0.113. The molecule has 0 spiro atoms. The number of hydrogen-bond donors (Lipinski definition) is 1. The molecule has 0 aromatic heterocycles. The van der Waals surface area contributed by atoms with E-state index in [-0.39, 0.29) is 23.1 Å². The van der Waals surface area contributed by atoms with E-state index >= 15 is 0 Å². The Hall–Kier alpha value is -2.08. The molecule has 0 unspecified atom stereocenters. The molecule has 6 heteroatoms. The molecule has 2 aromatic rings. The number of alkyl halides is 2. The van der Waals surface area contributed by atoms with Gasteiger partial charge < -0.3 is 10.1 Å². The van der Waals surface area contributed by atoms with Crippen LogP contribution in [0.4, 0.5) is 14.5 Å². The van der Waals surface area contributed by atoms with Crippen LogP contribution in [0.1, 0.15) is 5.56 Å². The number of carbonyl (C=O) groups excluding carboxylic acids is 1. The van der Waals surface area contributed by atoms with Crippen LogP contribution in [0, 0.1) is 0 Å². The van der Waals surface area contributed by atoms with Gasteiger partial charge in [-0.05, 0) is 17.7 Å². The second-order valence-corrected chi connectivity index (χ2v) is 5.39. The molecule has 0 fully saturated rings. The van der Waals surface area contributed by atoms with Crippen LogP contribution in [0.2, 0.25) is 0 Å². The Kier molecular flexibility index (Phi) is 6.21. The number of carbonyl (C=O) groups is 1. The van der Waals surface area contributed by atoms with E-state index in [1.807, 2.05) is 30.3 Å². The van der Waals surface area contributed by atoms with Crippen LogP contribution >= 0.6 is 11.8 Å². The van der Waals surface area contributed by atoms with Gasteiger partial charge in [0.25, 0.3) is 0 Å². The zero-order valence-electron chi connectivity index (χ0n) is 11.7. The van der Waals surface area contributed by atoms with Crippen LogP contribution in [-0.2, 0) is 10.5 Å². The summed E-state index contributed by atoms with van der Waals surface area (Å²) < 4.78 is 28.9. The molecule has 2 rings (SSSR count). The Morgan fingerprint density at radius 3 is 2.50 bits per heavy atom. The van der Waals surface area contributed by atoms with Gasteiger partial charge in [-0.1, -0.05) is 42.5 Å². The second-order valence-electron chi connectivity index (χ2n) is 4.40. The fraction of sp³-hybridized carbons (Fsp3) is 0.188. The standard InChI is InChI=1S/C16H15F2NO2S/c17-16(18)21-14-9-5-4-8-13(14)19-15(20)11-22-10-12-6-2-1-3-7-12/h1-9,16H,10-11H2,(H,19,20). The van der Waals surface area contributed by atoms with Crippen molar-refractivity contribution in [3.8, 4) is 5.75 Å².